The Labute approximate surface area is 117 Å². The van der Waals surface area contributed by atoms with Crippen LogP contribution in [-0.4, -0.2) is 22.3 Å². The molecule has 0 fully saturated rings. The maximum Gasteiger partial charge on any atom is 2.00 e. The van der Waals surface area contributed by atoms with Crippen molar-refractivity contribution < 1.29 is 16.5 Å². The van der Waals surface area contributed by atoms with Crippen LogP contribution >= 0.6 is 12.2 Å². The molecule has 0 heterocycles. The van der Waals surface area contributed by atoms with Gasteiger partial charge in [-0.05, 0) is 12.8 Å². The second kappa shape index (κ2) is 17.0. The van der Waals surface area contributed by atoms with Gasteiger partial charge in [-0.1, -0.05) is 31.0 Å². The zero-order chi connectivity index (χ0) is 11.4. The van der Waals surface area contributed by atoms with E-state index in [9.17, 15) is 0 Å². The van der Waals surface area contributed by atoms with E-state index in [0.717, 1.165) is 13.1 Å². The van der Waals surface area contributed by atoms with Crippen LogP contribution in [0.15, 0.2) is 0 Å². The van der Waals surface area contributed by atoms with Crippen molar-refractivity contribution in [3.8, 4) is 0 Å². The van der Waals surface area contributed by atoms with E-state index in [-0.39, 0.29) is 16.5 Å². The molecule has 0 aromatic rings. The summed E-state index contributed by atoms with van der Waals surface area (Å²) in [5.41, 5.74) is 0. The zero-order valence-corrected chi connectivity index (χ0v) is 12.7. The molecule has 0 rings (SSSR count). The van der Waals surface area contributed by atoms with Gasteiger partial charge in [0.1, 0.15) is 0 Å². The predicted octanol–water partition coefficient (Wildman–Crippen LogP) is 3.56. The third-order valence-electron chi connectivity index (χ3n) is 1.82. The summed E-state index contributed by atoms with van der Waals surface area (Å²) in [4.78, 5) is 2.14. The SMILES string of the molecule is CCCCN(CCCC)C(=S)[S-].[CH2-]C.[Ni+2]. The minimum absolute atomic E-state index is 0. The third-order valence-corrected chi connectivity index (χ3v) is 2.34. The Morgan fingerprint density at radius 2 is 1.47 bits per heavy atom. The Morgan fingerprint density at radius 3 is 1.67 bits per heavy atom. The van der Waals surface area contributed by atoms with Crippen LogP contribution in [0.25, 0.3) is 0 Å². The van der Waals surface area contributed by atoms with Crippen molar-refractivity contribution >= 4 is 29.2 Å². The summed E-state index contributed by atoms with van der Waals surface area (Å²) in [5, 5.41) is 0. The quantitative estimate of drug-likeness (QED) is 0.319. The van der Waals surface area contributed by atoms with E-state index in [1.54, 1.807) is 6.92 Å². The third kappa shape index (κ3) is 14.6. The first kappa shape index (κ1) is 20.9. The predicted molar refractivity (Wildman–Crippen MR) is 72.4 cm³/mol. The van der Waals surface area contributed by atoms with Gasteiger partial charge in [0.05, 0.1) is 0 Å². The minimum atomic E-state index is 0. The van der Waals surface area contributed by atoms with Crippen molar-refractivity contribution in [2.45, 2.75) is 46.5 Å². The molecular weight excluding hydrogens is 269 g/mol. The molecule has 4 heteroatoms. The Balaban J connectivity index is -0.000000449. The van der Waals surface area contributed by atoms with Crippen LogP contribution in [0.4, 0.5) is 0 Å². The molecule has 0 aliphatic carbocycles. The van der Waals surface area contributed by atoms with Gasteiger partial charge in [0.25, 0.3) is 0 Å². The molecule has 0 aliphatic rings. The average Bonchev–Trinajstić information content (AvgIpc) is 2.20. The molecule has 0 aromatic carbocycles. The van der Waals surface area contributed by atoms with Gasteiger partial charge < -0.3 is 36.7 Å². The summed E-state index contributed by atoms with van der Waals surface area (Å²) < 4.78 is 0.636. The van der Waals surface area contributed by atoms with E-state index in [4.69, 9.17) is 24.8 Å². The minimum Gasteiger partial charge on any atom is -0.411 e. The van der Waals surface area contributed by atoms with Crippen molar-refractivity contribution in [1.82, 2.24) is 4.90 Å². The maximum atomic E-state index is 4.98. The first-order valence-electron chi connectivity index (χ1n) is 5.39. The van der Waals surface area contributed by atoms with E-state index in [1.165, 1.54) is 25.7 Å². The number of nitrogens with zero attached hydrogens (tertiary/aromatic N) is 1. The van der Waals surface area contributed by atoms with Crippen LogP contribution < -0.4 is 0 Å². The molecule has 0 spiro atoms. The number of unbranched alkanes of at least 4 members (excludes halogenated alkanes) is 2. The monoisotopic (exact) mass is 291 g/mol. The van der Waals surface area contributed by atoms with Crippen molar-refractivity contribution in [2.75, 3.05) is 13.1 Å². The van der Waals surface area contributed by atoms with Gasteiger partial charge in [0, 0.05) is 13.1 Å². The first-order valence-corrected chi connectivity index (χ1v) is 6.20. The Morgan fingerprint density at radius 1 is 1.13 bits per heavy atom. The standard InChI is InChI=1S/C9H19NS2.C2H5.Ni/c1-3-5-7-10(9(11)12)8-6-4-2;1-2;/h3-8H2,1-2H3,(H,11,12);1H2,2H3;/q;-1;+2/p-1. The maximum absolute atomic E-state index is 4.98. The van der Waals surface area contributed by atoms with E-state index in [2.05, 4.69) is 25.7 Å². The van der Waals surface area contributed by atoms with Gasteiger partial charge in [-0.2, -0.15) is 6.92 Å². The van der Waals surface area contributed by atoms with Gasteiger partial charge in [0.15, 0.2) is 0 Å². The summed E-state index contributed by atoms with van der Waals surface area (Å²) in [6.07, 6.45) is 4.81. The molecule has 94 valence electrons. The number of hydrogen-bond acceptors (Lipinski definition) is 2. The van der Waals surface area contributed by atoms with Crippen molar-refractivity contribution in [3.05, 3.63) is 6.92 Å². The molecule has 0 N–H and O–H groups in total. The summed E-state index contributed by atoms with van der Waals surface area (Å²) in [6.45, 7) is 11.5. The second-order valence-electron chi connectivity index (χ2n) is 2.96. The fraction of sp³-hybridized carbons (Fsp3) is 0.818. The molecule has 0 amide bonds. The normalized spacial score (nSPS) is 8.27. The molecule has 0 aliphatic heterocycles. The zero-order valence-electron chi connectivity index (χ0n) is 10.0. The number of hydrogen-bond donors (Lipinski definition) is 0. The molecular formula is C11H23NNiS2. The van der Waals surface area contributed by atoms with Gasteiger partial charge in [-0.25, -0.2) is 0 Å². The largest absolute Gasteiger partial charge is 2.00 e. The molecule has 15 heavy (non-hydrogen) atoms. The van der Waals surface area contributed by atoms with Gasteiger partial charge in [-0.3, -0.25) is 0 Å². The van der Waals surface area contributed by atoms with Crippen LogP contribution in [-0.2, 0) is 29.1 Å². The fourth-order valence-electron chi connectivity index (χ4n) is 0.992. The Bertz CT molecular complexity index is 124. The van der Waals surface area contributed by atoms with Crippen LogP contribution in [0.3, 0.4) is 0 Å². The average molecular weight is 292 g/mol. The van der Waals surface area contributed by atoms with E-state index >= 15 is 0 Å². The molecule has 0 aromatic heterocycles. The summed E-state index contributed by atoms with van der Waals surface area (Å²) in [5.74, 6) is 0. The number of rotatable bonds is 6. The molecule has 0 unspecified atom stereocenters. The van der Waals surface area contributed by atoms with E-state index in [0.29, 0.717) is 4.32 Å². The Hall–Kier alpha value is 0.604. The van der Waals surface area contributed by atoms with Crippen LogP contribution in [0.5, 0.6) is 0 Å². The van der Waals surface area contributed by atoms with E-state index in [1.807, 2.05) is 0 Å². The molecule has 0 atom stereocenters. The van der Waals surface area contributed by atoms with Crippen LogP contribution in [0.1, 0.15) is 46.5 Å². The smallest absolute Gasteiger partial charge is 0.411 e. The fourth-order valence-corrected chi connectivity index (χ4v) is 1.36. The molecule has 0 saturated heterocycles. The molecule has 0 bridgehead atoms. The van der Waals surface area contributed by atoms with Crippen molar-refractivity contribution in [2.24, 2.45) is 0 Å². The van der Waals surface area contributed by atoms with E-state index < -0.39 is 0 Å². The molecule has 0 saturated carbocycles. The summed E-state index contributed by atoms with van der Waals surface area (Å²) in [7, 11) is 0. The molecule has 0 radical (unpaired) electrons. The van der Waals surface area contributed by atoms with Crippen LogP contribution in [0, 0.1) is 6.92 Å². The van der Waals surface area contributed by atoms with Crippen molar-refractivity contribution in [3.63, 3.8) is 0 Å². The van der Waals surface area contributed by atoms with Crippen molar-refractivity contribution in [1.29, 1.82) is 0 Å². The molecule has 1 nitrogen and oxygen atoms in total. The van der Waals surface area contributed by atoms with Gasteiger partial charge in [0.2, 0.25) is 0 Å². The number of thiocarbonyl (C=S) groups is 1. The van der Waals surface area contributed by atoms with Gasteiger partial charge >= 0.3 is 16.5 Å². The Kier molecular flexibility index (Phi) is 23.8. The summed E-state index contributed by atoms with van der Waals surface area (Å²) in [6, 6.07) is 0. The second-order valence-corrected chi connectivity index (χ2v) is 3.99. The topological polar surface area (TPSA) is 3.24 Å². The summed E-state index contributed by atoms with van der Waals surface area (Å²) >= 11 is 9.97. The first-order chi connectivity index (χ1) is 6.72. The van der Waals surface area contributed by atoms with Gasteiger partial charge in [-0.15, -0.1) is 0 Å². The van der Waals surface area contributed by atoms with Crippen LogP contribution in [0.2, 0.25) is 0 Å².